The number of para-hydroxylation sites is 2. The predicted molar refractivity (Wildman–Crippen MR) is 94.1 cm³/mol. The maximum atomic E-state index is 12.6. The summed E-state index contributed by atoms with van der Waals surface area (Å²) < 4.78 is 5.96. The molecule has 0 radical (unpaired) electrons. The number of benzene rings is 2. The summed E-state index contributed by atoms with van der Waals surface area (Å²) in [7, 11) is 0. The first-order valence-corrected chi connectivity index (χ1v) is 8.34. The second-order valence-electron chi connectivity index (χ2n) is 6.22. The van der Waals surface area contributed by atoms with Gasteiger partial charge in [-0.15, -0.1) is 0 Å². The fourth-order valence-corrected chi connectivity index (χ4v) is 3.30. The van der Waals surface area contributed by atoms with Crippen LogP contribution in [0.1, 0.15) is 12.0 Å². The molecule has 2 heterocycles. The van der Waals surface area contributed by atoms with Crippen molar-refractivity contribution in [3.63, 3.8) is 0 Å². The van der Waals surface area contributed by atoms with E-state index in [2.05, 4.69) is 11.1 Å². The number of nitrogens with one attached hydrogen (secondary N) is 1. The molecule has 1 saturated heterocycles. The van der Waals surface area contributed by atoms with Crippen LogP contribution in [0.2, 0.25) is 0 Å². The van der Waals surface area contributed by atoms with Crippen molar-refractivity contribution in [2.75, 3.05) is 13.1 Å². The molecule has 1 aliphatic rings. The van der Waals surface area contributed by atoms with Gasteiger partial charge in [-0.3, -0.25) is 4.79 Å². The third-order valence-electron chi connectivity index (χ3n) is 4.56. The first kappa shape index (κ1) is 14.8. The van der Waals surface area contributed by atoms with E-state index in [1.807, 2.05) is 59.6 Å². The molecule has 122 valence electrons. The molecule has 1 N–H and O–H groups in total. The topological polar surface area (TPSA) is 45.3 Å². The van der Waals surface area contributed by atoms with Crippen LogP contribution in [-0.4, -0.2) is 35.0 Å². The molecular formula is C20H20N2O2. The lowest BCUT2D eigenvalue weighted by Gasteiger charge is -2.17. The standard InChI is InChI=1S/C20H20N2O2/c23-20(12-15-13-21-19-9-5-4-8-18(15)19)22-11-10-17(14-22)24-16-6-2-1-3-7-16/h1-9,13,17,21H,10-12,14H2. The van der Waals surface area contributed by atoms with Crippen LogP contribution in [0.25, 0.3) is 10.9 Å². The maximum absolute atomic E-state index is 12.6. The van der Waals surface area contributed by atoms with Gasteiger partial charge in [-0.1, -0.05) is 36.4 Å². The Morgan fingerprint density at radius 1 is 1.12 bits per heavy atom. The molecule has 1 unspecified atom stereocenters. The van der Waals surface area contributed by atoms with Crippen molar-refractivity contribution >= 4 is 16.8 Å². The van der Waals surface area contributed by atoms with Gasteiger partial charge in [0.15, 0.2) is 0 Å². The van der Waals surface area contributed by atoms with E-state index in [0.29, 0.717) is 13.0 Å². The Labute approximate surface area is 141 Å². The van der Waals surface area contributed by atoms with Crippen LogP contribution in [0, 0.1) is 0 Å². The van der Waals surface area contributed by atoms with Crippen molar-refractivity contribution in [3.8, 4) is 5.75 Å². The molecule has 2 aromatic carbocycles. The second-order valence-corrected chi connectivity index (χ2v) is 6.22. The number of ether oxygens (including phenoxy) is 1. The van der Waals surface area contributed by atoms with Gasteiger partial charge >= 0.3 is 0 Å². The zero-order valence-electron chi connectivity index (χ0n) is 13.4. The smallest absolute Gasteiger partial charge is 0.227 e. The minimum atomic E-state index is 0.0827. The highest BCUT2D eigenvalue weighted by molar-refractivity contribution is 5.89. The number of amides is 1. The zero-order chi connectivity index (χ0) is 16.4. The molecule has 4 nitrogen and oxygen atoms in total. The lowest BCUT2D eigenvalue weighted by atomic mass is 10.1. The van der Waals surface area contributed by atoms with E-state index in [9.17, 15) is 4.79 Å². The highest BCUT2D eigenvalue weighted by Gasteiger charge is 2.27. The second kappa shape index (κ2) is 6.40. The normalized spacial score (nSPS) is 17.3. The highest BCUT2D eigenvalue weighted by atomic mass is 16.5. The van der Waals surface area contributed by atoms with Crippen molar-refractivity contribution in [3.05, 3.63) is 66.4 Å². The Bertz CT molecular complexity index is 841. The number of fused-ring (bicyclic) bond motifs is 1. The van der Waals surface area contributed by atoms with Crippen molar-refractivity contribution in [1.29, 1.82) is 0 Å². The molecule has 1 aliphatic heterocycles. The van der Waals surface area contributed by atoms with E-state index in [1.54, 1.807) is 0 Å². The van der Waals surface area contributed by atoms with Crippen LogP contribution < -0.4 is 4.74 Å². The first-order valence-electron chi connectivity index (χ1n) is 8.34. The van der Waals surface area contributed by atoms with Gasteiger partial charge < -0.3 is 14.6 Å². The molecule has 0 aliphatic carbocycles. The van der Waals surface area contributed by atoms with Gasteiger partial charge in [-0.25, -0.2) is 0 Å². The molecule has 3 aromatic rings. The van der Waals surface area contributed by atoms with Gasteiger partial charge in [-0.2, -0.15) is 0 Å². The van der Waals surface area contributed by atoms with Gasteiger partial charge in [-0.05, 0) is 23.8 Å². The van der Waals surface area contributed by atoms with Crippen LogP contribution in [-0.2, 0) is 11.2 Å². The Hall–Kier alpha value is -2.75. The number of hydrogen-bond donors (Lipinski definition) is 1. The van der Waals surface area contributed by atoms with E-state index >= 15 is 0 Å². The molecule has 4 rings (SSSR count). The largest absolute Gasteiger partial charge is 0.489 e. The number of aromatic nitrogens is 1. The highest BCUT2D eigenvalue weighted by Crippen LogP contribution is 2.21. The number of carbonyl (C=O) groups excluding carboxylic acids is 1. The van der Waals surface area contributed by atoms with E-state index in [4.69, 9.17) is 4.74 Å². The van der Waals surface area contributed by atoms with E-state index in [-0.39, 0.29) is 12.0 Å². The number of carbonyl (C=O) groups is 1. The minimum absolute atomic E-state index is 0.0827. The summed E-state index contributed by atoms with van der Waals surface area (Å²) in [5.41, 5.74) is 2.13. The molecule has 1 fully saturated rings. The summed E-state index contributed by atoms with van der Waals surface area (Å²) in [6.45, 7) is 1.43. The average molecular weight is 320 g/mol. The molecule has 1 amide bonds. The third-order valence-corrected chi connectivity index (χ3v) is 4.56. The molecule has 0 saturated carbocycles. The van der Waals surface area contributed by atoms with Gasteiger partial charge in [0.2, 0.25) is 5.91 Å². The fourth-order valence-electron chi connectivity index (χ4n) is 3.30. The zero-order valence-corrected chi connectivity index (χ0v) is 13.4. The van der Waals surface area contributed by atoms with Gasteiger partial charge in [0, 0.05) is 30.1 Å². The first-order chi connectivity index (χ1) is 11.8. The van der Waals surface area contributed by atoms with Crippen LogP contribution in [0.5, 0.6) is 5.75 Å². The summed E-state index contributed by atoms with van der Waals surface area (Å²) in [6, 6.07) is 17.9. The van der Waals surface area contributed by atoms with Crippen molar-refractivity contribution in [2.24, 2.45) is 0 Å². The number of H-pyrrole nitrogens is 1. The van der Waals surface area contributed by atoms with Crippen LogP contribution in [0.3, 0.4) is 0 Å². The van der Waals surface area contributed by atoms with Crippen LogP contribution in [0.4, 0.5) is 0 Å². The Kier molecular flexibility index (Phi) is 3.95. The average Bonchev–Trinajstić information content (AvgIpc) is 3.24. The van der Waals surface area contributed by atoms with Gasteiger partial charge in [0.05, 0.1) is 13.0 Å². The Balaban J connectivity index is 1.39. The summed E-state index contributed by atoms with van der Waals surface area (Å²) in [4.78, 5) is 17.8. The summed E-state index contributed by atoms with van der Waals surface area (Å²) in [6.07, 6.45) is 3.34. The quantitative estimate of drug-likeness (QED) is 0.801. The monoisotopic (exact) mass is 320 g/mol. The third kappa shape index (κ3) is 3.00. The predicted octanol–water partition coefficient (Wildman–Crippen LogP) is 3.39. The molecule has 4 heteroatoms. The van der Waals surface area contributed by atoms with Crippen molar-refractivity contribution < 1.29 is 9.53 Å². The number of rotatable bonds is 4. The van der Waals surface area contributed by atoms with Crippen molar-refractivity contribution in [1.82, 2.24) is 9.88 Å². The lowest BCUT2D eigenvalue weighted by Crippen LogP contribution is -2.32. The number of nitrogens with zero attached hydrogens (tertiary/aromatic N) is 1. The summed E-state index contributed by atoms with van der Waals surface area (Å²) in [5, 5.41) is 1.13. The number of likely N-dealkylation sites (tertiary alicyclic amines) is 1. The van der Waals surface area contributed by atoms with E-state index in [1.165, 1.54) is 0 Å². The molecule has 0 bridgehead atoms. The molecule has 0 spiro atoms. The van der Waals surface area contributed by atoms with Crippen LogP contribution >= 0.6 is 0 Å². The molecular weight excluding hydrogens is 300 g/mol. The van der Waals surface area contributed by atoms with Crippen LogP contribution in [0.15, 0.2) is 60.8 Å². The fraction of sp³-hybridized carbons (Fsp3) is 0.250. The number of aromatic amines is 1. The van der Waals surface area contributed by atoms with Gasteiger partial charge in [0.25, 0.3) is 0 Å². The SMILES string of the molecule is O=C(Cc1c[nH]c2ccccc12)N1CCC(Oc2ccccc2)C1. The summed E-state index contributed by atoms with van der Waals surface area (Å²) >= 11 is 0. The number of hydrogen-bond acceptors (Lipinski definition) is 2. The minimum Gasteiger partial charge on any atom is -0.489 e. The summed E-state index contributed by atoms with van der Waals surface area (Å²) in [5.74, 6) is 1.03. The van der Waals surface area contributed by atoms with E-state index in [0.717, 1.165) is 35.2 Å². The molecule has 1 atom stereocenters. The molecule has 24 heavy (non-hydrogen) atoms. The lowest BCUT2D eigenvalue weighted by molar-refractivity contribution is -0.129. The molecule has 1 aromatic heterocycles. The Morgan fingerprint density at radius 3 is 2.79 bits per heavy atom. The van der Waals surface area contributed by atoms with E-state index < -0.39 is 0 Å². The van der Waals surface area contributed by atoms with Gasteiger partial charge in [0.1, 0.15) is 11.9 Å². The Morgan fingerprint density at radius 2 is 1.92 bits per heavy atom. The maximum Gasteiger partial charge on any atom is 0.227 e. The van der Waals surface area contributed by atoms with Crippen molar-refractivity contribution in [2.45, 2.75) is 18.9 Å².